The maximum absolute atomic E-state index is 12.3. The lowest BCUT2D eigenvalue weighted by molar-refractivity contribution is -0.385. The number of hydrogen-bond acceptors (Lipinski definition) is 5. The van der Waals surface area contributed by atoms with Gasteiger partial charge in [0.05, 0.1) is 10.5 Å². The van der Waals surface area contributed by atoms with Crippen LogP contribution in [0.15, 0.2) is 29.8 Å². The van der Waals surface area contributed by atoms with Crippen LogP contribution in [0.25, 0.3) is 0 Å². The summed E-state index contributed by atoms with van der Waals surface area (Å²) in [5.41, 5.74) is -0.502. The van der Waals surface area contributed by atoms with E-state index >= 15 is 0 Å². The highest BCUT2D eigenvalue weighted by Gasteiger charge is 2.27. The number of benzene rings is 1. The third kappa shape index (κ3) is 12.0. The number of carboxylic acids is 1. The normalized spacial score (nSPS) is 13.5. The lowest BCUT2D eigenvalue weighted by atomic mass is 9.91. The standard InChI is InChI=1S/C28H43NO6/c1-20(2)10-6-11-21(3)12-7-13-22(4)14-8-15-23(5)18-19-35-28(32)24-16-9-17-25(29(33)34)26(24)27(30)31/h9,16-18,20-22H,6-8,10-15,19H2,1-5H3,(H,30,31)/b23-18+/t21-,22-/m1/s1. The predicted molar refractivity (Wildman–Crippen MR) is 139 cm³/mol. The SMILES string of the molecule is C/C(=C\COC(=O)c1cccc([N+](=O)[O-])c1C(=O)O)CCC[C@H](C)CCC[C@H](C)CCCC(C)C. The lowest BCUT2D eigenvalue weighted by Gasteiger charge is -2.15. The van der Waals surface area contributed by atoms with E-state index in [1.54, 1.807) is 6.08 Å². The van der Waals surface area contributed by atoms with E-state index in [0.29, 0.717) is 5.92 Å². The Morgan fingerprint density at radius 1 is 1.00 bits per heavy atom. The van der Waals surface area contributed by atoms with Crippen LogP contribution in [0.5, 0.6) is 0 Å². The summed E-state index contributed by atoms with van der Waals surface area (Å²) in [4.78, 5) is 34.0. The first-order valence-corrected chi connectivity index (χ1v) is 12.9. The molecule has 0 fully saturated rings. The minimum Gasteiger partial charge on any atom is -0.477 e. The Balaban J connectivity index is 2.36. The molecule has 2 atom stereocenters. The summed E-state index contributed by atoms with van der Waals surface area (Å²) in [6.07, 6.45) is 12.8. The minimum atomic E-state index is -1.54. The molecule has 0 aromatic heterocycles. The van der Waals surface area contributed by atoms with Crippen molar-refractivity contribution in [3.8, 4) is 0 Å². The summed E-state index contributed by atoms with van der Waals surface area (Å²) < 4.78 is 5.17. The van der Waals surface area contributed by atoms with Crippen molar-refractivity contribution in [1.82, 2.24) is 0 Å². The molecule has 0 saturated carbocycles. The summed E-state index contributed by atoms with van der Waals surface area (Å²) in [6, 6.07) is 3.56. The first kappa shape index (κ1) is 30.3. The zero-order chi connectivity index (χ0) is 26.4. The fourth-order valence-electron chi connectivity index (χ4n) is 4.23. The Hall–Kier alpha value is -2.70. The van der Waals surface area contributed by atoms with Crippen molar-refractivity contribution in [2.45, 2.75) is 92.4 Å². The second-order valence-electron chi connectivity index (χ2n) is 10.3. The van der Waals surface area contributed by atoms with Crippen molar-refractivity contribution in [2.24, 2.45) is 17.8 Å². The maximum Gasteiger partial charge on any atom is 0.343 e. The smallest absolute Gasteiger partial charge is 0.343 e. The van der Waals surface area contributed by atoms with Crippen LogP contribution in [-0.4, -0.2) is 28.6 Å². The summed E-state index contributed by atoms with van der Waals surface area (Å²) >= 11 is 0. The summed E-state index contributed by atoms with van der Waals surface area (Å²) in [5.74, 6) is -0.133. The van der Waals surface area contributed by atoms with Crippen molar-refractivity contribution >= 4 is 17.6 Å². The Bertz CT molecular complexity index is 861. The van der Waals surface area contributed by atoms with Crippen molar-refractivity contribution in [2.75, 3.05) is 6.61 Å². The predicted octanol–water partition coefficient (Wildman–Crippen LogP) is 7.84. The molecule has 0 radical (unpaired) electrons. The number of carboxylic acid groups (broad SMARTS) is 1. The molecule has 1 N–H and O–H groups in total. The molecule has 1 rings (SSSR count). The number of rotatable bonds is 17. The minimum absolute atomic E-state index is 0.00330. The number of carbonyl (C=O) groups excluding carboxylic acids is 1. The number of nitrogens with zero attached hydrogens (tertiary/aromatic N) is 1. The lowest BCUT2D eigenvalue weighted by Crippen LogP contribution is -2.14. The molecule has 7 nitrogen and oxygen atoms in total. The zero-order valence-corrected chi connectivity index (χ0v) is 22.0. The molecule has 1 aromatic carbocycles. The molecule has 0 spiro atoms. The Labute approximate surface area is 210 Å². The van der Waals surface area contributed by atoms with E-state index in [-0.39, 0.29) is 12.2 Å². The van der Waals surface area contributed by atoms with Gasteiger partial charge in [-0.3, -0.25) is 10.1 Å². The van der Waals surface area contributed by atoms with Crippen LogP contribution in [0.4, 0.5) is 5.69 Å². The summed E-state index contributed by atoms with van der Waals surface area (Å²) in [6.45, 7) is 11.2. The van der Waals surface area contributed by atoms with Crippen LogP contribution >= 0.6 is 0 Å². The van der Waals surface area contributed by atoms with E-state index in [4.69, 9.17) is 4.74 Å². The van der Waals surface area contributed by atoms with Gasteiger partial charge in [0.2, 0.25) is 0 Å². The van der Waals surface area contributed by atoms with Crippen LogP contribution in [0, 0.1) is 27.9 Å². The first-order chi connectivity index (χ1) is 16.5. The molecule has 35 heavy (non-hydrogen) atoms. The van der Waals surface area contributed by atoms with Gasteiger partial charge in [-0.1, -0.05) is 84.3 Å². The number of aromatic carboxylic acids is 1. The molecule has 7 heteroatoms. The van der Waals surface area contributed by atoms with Gasteiger partial charge in [-0.2, -0.15) is 0 Å². The van der Waals surface area contributed by atoms with Crippen LogP contribution < -0.4 is 0 Å². The highest BCUT2D eigenvalue weighted by molar-refractivity contribution is 6.05. The third-order valence-corrected chi connectivity index (χ3v) is 6.46. The van der Waals surface area contributed by atoms with Gasteiger partial charge in [-0.05, 0) is 49.7 Å². The van der Waals surface area contributed by atoms with Crippen LogP contribution in [0.3, 0.4) is 0 Å². The van der Waals surface area contributed by atoms with Gasteiger partial charge in [-0.25, -0.2) is 9.59 Å². The van der Waals surface area contributed by atoms with Crippen molar-refractivity contribution in [3.63, 3.8) is 0 Å². The zero-order valence-electron chi connectivity index (χ0n) is 22.0. The number of nitro benzene ring substituents is 1. The molecule has 196 valence electrons. The molecule has 0 aliphatic carbocycles. The largest absolute Gasteiger partial charge is 0.477 e. The second kappa shape index (κ2) is 16.1. The van der Waals surface area contributed by atoms with E-state index in [0.717, 1.165) is 42.7 Å². The quantitative estimate of drug-likeness (QED) is 0.103. The Morgan fingerprint density at radius 2 is 1.57 bits per heavy atom. The second-order valence-corrected chi connectivity index (χ2v) is 10.3. The van der Waals surface area contributed by atoms with Gasteiger partial charge in [0.25, 0.3) is 5.69 Å². The van der Waals surface area contributed by atoms with Crippen LogP contribution in [-0.2, 0) is 4.74 Å². The average Bonchev–Trinajstić information content (AvgIpc) is 2.78. The molecule has 0 unspecified atom stereocenters. The molecule has 0 bridgehead atoms. The van der Waals surface area contributed by atoms with Crippen molar-refractivity contribution in [1.29, 1.82) is 0 Å². The molecule has 0 aliphatic heterocycles. The highest BCUT2D eigenvalue weighted by atomic mass is 16.6. The maximum atomic E-state index is 12.3. The Kier molecular flexibility index (Phi) is 13.9. The number of carbonyl (C=O) groups is 2. The monoisotopic (exact) mass is 489 g/mol. The van der Waals surface area contributed by atoms with Gasteiger partial charge in [0, 0.05) is 6.07 Å². The van der Waals surface area contributed by atoms with Gasteiger partial charge >= 0.3 is 11.9 Å². The highest BCUT2D eigenvalue weighted by Crippen LogP contribution is 2.24. The fourth-order valence-corrected chi connectivity index (χ4v) is 4.23. The Morgan fingerprint density at radius 3 is 2.11 bits per heavy atom. The third-order valence-electron chi connectivity index (χ3n) is 6.46. The van der Waals surface area contributed by atoms with Gasteiger partial charge in [0.1, 0.15) is 6.61 Å². The molecular weight excluding hydrogens is 446 g/mol. The van der Waals surface area contributed by atoms with Gasteiger partial charge in [0.15, 0.2) is 5.56 Å². The van der Waals surface area contributed by atoms with Gasteiger partial charge < -0.3 is 9.84 Å². The van der Waals surface area contributed by atoms with Crippen molar-refractivity contribution < 1.29 is 24.4 Å². The van der Waals surface area contributed by atoms with Crippen molar-refractivity contribution in [3.05, 3.63) is 51.1 Å². The molecule has 0 amide bonds. The number of esters is 1. The average molecular weight is 490 g/mol. The number of allylic oxidation sites excluding steroid dienone is 1. The van der Waals surface area contributed by atoms with E-state index < -0.39 is 28.1 Å². The van der Waals surface area contributed by atoms with E-state index in [9.17, 15) is 24.8 Å². The van der Waals surface area contributed by atoms with Gasteiger partial charge in [-0.15, -0.1) is 0 Å². The van der Waals surface area contributed by atoms with E-state index in [1.807, 2.05) is 6.92 Å². The molecule has 1 aromatic rings. The molecule has 0 saturated heterocycles. The summed E-state index contributed by atoms with van der Waals surface area (Å²) in [7, 11) is 0. The fraction of sp³-hybridized carbons (Fsp3) is 0.643. The topological polar surface area (TPSA) is 107 Å². The molecule has 0 aliphatic rings. The number of hydrogen-bond donors (Lipinski definition) is 1. The number of ether oxygens (including phenoxy) is 1. The molecular formula is C28H43NO6. The van der Waals surface area contributed by atoms with Crippen LogP contribution in [0.2, 0.25) is 0 Å². The van der Waals surface area contributed by atoms with Crippen LogP contribution in [0.1, 0.15) is 113 Å². The van der Waals surface area contributed by atoms with E-state index in [2.05, 4.69) is 27.7 Å². The number of nitro groups is 1. The summed E-state index contributed by atoms with van der Waals surface area (Å²) in [5, 5.41) is 20.4. The molecule has 0 heterocycles. The van der Waals surface area contributed by atoms with E-state index in [1.165, 1.54) is 50.7 Å². The first-order valence-electron chi connectivity index (χ1n) is 12.9.